The van der Waals surface area contributed by atoms with Crippen LogP contribution in [-0.2, 0) is 21.4 Å². The van der Waals surface area contributed by atoms with Crippen molar-refractivity contribution in [3.8, 4) is 12.3 Å². The van der Waals surface area contributed by atoms with Gasteiger partial charge in [-0.25, -0.2) is 8.42 Å². The third kappa shape index (κ3) is 5.60. The van der Waals surface area contributed by atoms with Gasteiger partial charge in [0.05, 0.1) is 18.5 Å². The molecule has 0 aromatic heterocycles. The third-order valence-corrected chi connectivity index (χ3v) is 5.32. The minimum absolute atomic E-state index is 0.109. The van der Waals surface area contributed by atoms with Gasteiger partial charge >= 0.3 is 0 Å². The van der Waals surface area contributed by atoms with Crippen LogP contribution in [0.2, 0.25) is 0 Å². The van der Waals surface area contributed by atoms with Gasteiger partial charge in [-0.05, 0) is 31.0 Å². The van der Waals surface area contributed by atoms with Crippen LogP contribution in [0, 0.1) is 26.2 Å². The van der Waals surface area contributed by atoms with Gasteiger partial charge in [-0.1, -0.05) is 53.9 Å². The van der Waals surface area contributed by atoms with E-state index in [2.05, 4.69) is 5.92 Å². The smallest absolute Gasteiger partial charge is 0.244 e. The number of para-hydroxylation sites is 1. The number of hydrogen-bond acceptors (Lipinski definition) is 3. The molecular weight excluding hydrogens is 360 g/mol. The lowest BCUT2D eigenvalue weighted by atomic mass is 10.1. The van der Waals surface area contributed by atoms with E-state index in [0.29, 0.717) is 12.2 Å². The first-order valence-electron chi connectivity index (χ1n) is 8.52. The number of hydrogen-bond donors (Lipinski definition) is 0. The van der Waals surface area contributed by atoms with Gasteiger partial charge in [0.1, 0.15) is 6.54 Å². The molecule has 2 aromatic carbocycles. The monoisotopic (exact) mass is 384 g/mol. The van der Waals surface area contributed by atoms with Crippen molar-refractivity contribution in [2.45, 2.75) is 20.4 Å². The van der Waals surface area contributed by atoms with Gasteiger partial charge in [-0.2, -0.15) is 0 Å². The Kier molecular flexibility index (Phi) is 6.65. The molecule has 0 bridgehead atoms. The molecule has 0 fully saturated rings. The molecule has 0 saturated heterocycles. The Balaban J connectivity index is 2.26. The van der Waals surface area contributed by atoms with Gasteiger partial charge in [-0.15, -0.1) is 6.42 Å². The van der Waals surface area contributed by atoms with Crippen LogP contribution in [0.25, 0.3) is 0 Å². The average Bonchev–Trinajstić information content (AvgIpc) is 2.61. The maximum Gasteiger partial charge on any atom is 0.244 e. The fourth-order valence-electron chi connectivity index (χ4n) is 2.70. The van der Waals surface area contributed by atoms with Crippen molar-refractivity contribution in [3.05, 3.63) is 65.2 Å². The van der Waals surface area contributed by atoms with E-state index in [1.807, 2.05) is 50.2 Å². The zero-order valence-electron chi connectivity index (χ0n) is 15.8. The number of carbonyl (C=O) groups excluding carboxylic acids is 1. The molecule has 0 spiro atoms. The van der Waals surface area contributed by atoms with Crippen LogP contribution in [-0.4, -0.2) is 38.6 Å². The zero-order chi connectivity index (χ0) is 20.0. The number of nitrogens with zero attached hydrogens (tertiary/aromatic N) is 2. The van der Waals surface area contributed by atoms with E-state index in [9.17, 15) is 13.2 Å². The molecule has 5 nitrogen and oxygen atoms in total. The number of benzene rings is 2. The number of rotatable bonds is 7. The van der Waals surface area contributed by atoms with Crippen LogP contribution in [0.5, 0.6) is 0 Å². The Hall–Kier alpha value is -2.78. The van der Waals surface area contributed by atoms with Crippen molar-refractivity contribution < 1.29 is 13.2 Å². The number of sulfonamides is 1. The van der Waals surface area contributed by atoms with Crippen molar-refractivity contribution in [1.29, 1.82) is 0 Å². The Morgan fingerprint density at radius 2 is 1.70 bits per heavy atom. The Morgan fingerprint density at radius 3 is 2.26 bits per heavy atom. The summed E-state index contributed by atoms with van der Waals surface area (Å²) in [6.07, 6.45) is 6.52. The van der Waals surface area contributed by atoms with Crippen LogP contribution in [0.1, 0.15) is 16.7 Å². The van der Waals surface area contributed by atoms with E-state index in [0.717, 1.165) is 27.3 Å². The molecule has 1 amide bonds. The lowest BCUT2D eigenvalue weighted by Gasteiger charge is -2.27. The van der Waals surface area contributed by atoms with Crippen LogP contribution < -0.4 is 4.31 Å². The highest BCUT2D eigenvalue weighted by Crippen LogP contribution is 2.22. The zero-order valence-corrected chi connectivity index (χ0v) is 16.7. The molecular formula is C21H24N2O3S. The molecule has 0 radical (unpaired) electrons. The van der Waals surface area contributed by atoms with Crippen molar-refractivity contribution in [1.82, 2.24) is 4.90 Å². The van der Waals surface area contributed by atoms with E-state index in [1.165, 1.54) is 4.90 Å². The maximum atomic E-state index is 12.9. The standard InChI is InChI=1S/C21H24N2O3S/c1-5-14-22(15-19-12-10-17(2)11-13-19)21(24)16-23(27(4,25)26)20-9-7-6-8-18(20)3/h1,6-13H,14-16H2,2-4H3. The topological polar surface area (TPSA) is 57.7 Å². The number of aryl methyl sites for hydroxylation is 2. The van der Waals surface area contributed by atoms with Crippen LogP contribution >= 0.6 is 0 Å². The molecule has 0 heterocycles. The molecule has 142 valence electrons. The Morgan fingerprint density at radius 1 is 1.07 bits per heavy atom. The van der Waals surface area contributed by atoms with Gasteiger partial charge in [-0.3, -0.25) is 9.10 Å². The number of anilines is 1. The highest BCUT2D eigenvalue weighted by atomic mass is 32.2. The summed E-state index contributed by atoms with van der Waals surface area (Å²) in [6.45, 7) is 3.94. The molecule has 0 N–H and O–H groups in total. The van der Waals surface area contributed by atoms with Gasteiger partial charge in [0.2, 0.25) is 15.9 Å². The molecule has 6 heteroatoms. The summed E-state index contributed by atoms with van der Waals surface area (Å²) in [6, 6.07) is 14.9. The summed E-state index contributed by atoms with van der Waals surface area (Å²) in [5, 5.41) is 0. The lowest BCUT2D eigenvalue weighted by molar-refractivity contribution is -0.129. The first kappa shape index (κ1) is 20.5. The van der Waals surface area contributed by atoms with Gasteiger partial charge in [0, 0.05) is 6.54 Å². The molecule has 0 unspecified atom stereocenters. The molecule has 0 aliphatic rings. The highest BCUT2D eigenvalue weighted by molar-refractivity contribution is 7.92. The van der Waals surface area contributed by atoms with Crippen molar-refractivity contribution in [2.24, 2.45) is 0 Å². The number of terminal acetylenes is 1. The largest absolute Gasteiger partial charge is 0.326 e. The fourth-order valence-corrected chi connectivity index (χ4v) is 3.61. The second-order valence-electron chi connectivity index (χ2n) is 6.50. The lowest BCUT2D eigenvalue weighted by Crippen LogP contribution is -2.42. The van der Waals surface area contributed by atoms with Crippen LogP contribution in [0.4, 0.5) is 5.69 Å². The van der Waals surface area contributed by atoms with Crippen molar-refractivity contribution >= 4 is 21.6 Å². The summed E-state index contributed by atoms with van der Waals surface area (Å²) in [5.74, 6) is 2.14. The number of carbonyl (C=O) groups is 1. The summed E-state index contributed by atoms with van der Waals surface area (Å²) in [4.78, 5) is 14.4. The second kappa shape index (κ2) is 8.74. The first-order valence-corrected chi connectivity index (χ1v) is 10.4. The van der Waals surface area contributed by atoms with E-state index < -0.39 is 10.0 Å². The SMILES string of the molecule is C#CCN(Cc1ccc(C)cc1)C(=O)CN(c1ccccc1C)S(C)(=O)=O. The van der Waals surface area contributed by atoms with Gasteiger partial charge in [0.25, 0.3) is 0 Å². The minimum atomic E-state index is -3.63. The molecule has 0 aliphatic heterocycles. The van der Waals surface area contributed by atoms with Gasteiger partial charge in [0.15, 0.2) is 0 Å². The minimum Gasteiger partial charge on any atom is -0.326 e. The molecule has 0 saturated carbocycles. The van der Waals surface area contributed by atoms with E-state index in [4.69, 9.17) is 6.42 Å². The predicted molar refractivity (Wildman–Crippen MR) is 109 cm³/mol. The highest BCUT2D eigenvalue weighted by Gasteiger charge is 2.25. The van der Waals surface area contributed by atoms with Crippen LogP contribution in [0.3, 0.4) is 0 Å². The number of amides is 1. The Labute approximate surface area is 161 Å². The van der Waals surface area contributed by atoms with E-state index in [-0.39, 0.29) is 19.0 Å². The molecule has 0 atom stereocenters. The summed E-state index contributed by atoms with van der Waals surface area (Å²) in [5.41, 5.74) is 3.32. The molecule has 27 heavy (non-hydrogen) atoms. The first-order chi connectivity index (χ1) is 12.7. The van der Waals surface area contributed by atoms with E-state index >= 15 is 0 Å². The fraction of sp³-hybridized carbons (Fsp3) is 0.286. The quantitative estimate of drug-likeness (QED) is 0.690. The van der Waals surface area contributed by atoms with Crippen LogP contribution in [0.15, 0.2) is 48.5 Å². The molecule has 2 aromatic rings. The van der Waals surface area contributed by atoms with Crippen molar-refractivity contribution in [3.63, 3.8) is 0 Å². The normalized spacial score (nSPS) is 10.9. The third-order valence-electron chi connectivity index (χ3n) is 4.19. The van der Waals surface area contributed by atoms with Crippen molar-refractivity contribution in [2.75, 3.05) is 23.7 Å². The average molecular weight is 385 g/mol. The summed E-state index contributed by atoms with van der Waals surface area (Å²) < 4.78 is 25.7. The predicted octanol–water partition coefficient (Wildman–Crippen LogP) is 2.73. The summed E-state index contributed by atoms with van der Waals surface area (Å²) >= 11 is 0. The van der Waals surface area contributed by atoms with Gasteiger partial charge < -0.3 is 4.90 Å². The van der Waals surface area contributed by atoms with E-state index in [1.54, 1.807) is 12.1 Å². The maximum absolute atomic E-state index is 12.9. The molecule has 0 aliphatic carbocycles. The summed E-state index contributed by atoms with van der Waals surface area (Å²) in [7, 11) is -3.63. The Bertz CT molecular complexity index is 944. The molecule has 2 rings (SSSR count). The second-order valence-corrected chi connectivity index (χ2v) is 8.40.